The van der Waals surface area contributed by atoms with E-state index in [2.05, 4.69) is 29.8 Å². The molecule has 1 aromatic rings. The number of carbonyl (C=O) groups excluding carboxylic acids is 2. The van der Waals surface area contributed by atoms with E-state index in [0.29, 0.717) is 23.5 Å². The van der Waals surface area contributed by atoms with Gasteiger partial charge in [0.1, 0.15) is 6.61 Å². The summed E-state index contributed by atoms with van der Waals surface area (Å²) in [7, 11) is 1.54. The number of methoxy groups -OCH3 is 1. The van der Waals surface area contributed by atoms with Crippen LogP contribution in [0.5, 0.6) is 11.5 Å². The first-order chi connectivity index (χ1) is 14.1. The van der Waals surface area contributed by atoms with Gasteiger partial charge in [-0.1, -0.05) is 24.1 Å². The maximum absolute atomic E-state index is 12.8. The molecular formula is C23H22N2O4. The molecule has 1 saturated carbocycles. The van der Waals surface area contributed by atoms with Crippen molar-refractivity contribution in [3.8, 4) is 23.8 Å². The number of rotatable bonds is 7. The lowest BCUT2D eigenvalue weighted by atomic mass is 9.85. The van der Waals surface area contributed by atoms with Crippen molar-refractivity contribution in [2.24, 2.45) is 28.8 Å². The molecular weight excluding hydrogens is 368 g/mol. The molecule has 29 heavy (non-hydrogen) atoms. The second-order valence-corrected chi connectivity index (χ2v) is 7.43. The number of amides is 2. The van der Waals surface area contributed by atoms with Gasteiger partial charge in [0, 0.05) is 5.56 Å². The Hall–Kier alpha value is -3.33. The minimum Gasteiger partial charge on any atom is -0.493 e. The Balaban J connectivity index is 1.61. The van der Waals surface area contributed by atoms with Crippen LogP contribution in [0.2, 0.25) is 0 Å². The summed E-state index contributed by atoms with van der Waals surface area (Å²) in [4.78, 5) is 25.5. The Morgan fingerprint density at radius 3 is 2.55 bits per heavy atom. The molecule has 0 N–H and O–H groups in total. The summed E-state index contributed by atoms with van der Waals surface area (Å²) in [5, 5.41) is 5.26. The van der Waals surface area contributed by atoms with Crippen LogP contribution in [0, 0.1) is 36.0 Å². The molecule has 0 radical (unpaired) electrons. The highest BCUT2D eigenvalue weighted by Gasteiger charge is 2.59. The number of benzene rings is 1. The number of fused-ring (bicyclic) bond motifs is 5. The van der Waals surface area contributed by atoms with Gasteiger partial charge < -0.3 is 9.47 Å². The van der Waals surface area contributed by atoms with E-state index >= 15 is 0 Å². The number of terminal acetylenes is 1. The molecule has 0 unspecified atom stereocenters. The largest absolute Gasteiger partial charge is 0.493 e. The molecule has 4 atom stereocenters. The zero-order chi connectivity index (χ0) is 20.5. The van der Waals surface area contributed by atoms with E-state index in [1.165, 1.54) is 13.3 Å². The SMILES string of the molecule is C#CCOc1c(CC=C)cc(C=NN2C(=O)[C@@H]3[C@H](C2=O)[C@H]2C=C[C@H]3C2)cc1OC. The number of carbonyl (C=O) groups is 2. The van der Waals surface area contributed by atoms with Gasteiger partial charge in [-0.15, -0.1) is 13.0 Å². The molecule has 6 nitrogen and oxygen atoms in total. The quantitative estimate of drug-likeness (QED) is 0.311. The topological polar surface area (TPSA) is 68.2 Å². The molecule has 0 aromatic heterocycles. The van der Waals surface area contributed by atoms with E-state index < -0.39 is 0 Å². The fraction of sp³-hybridized carbons (Fsp3) is 0.348. The fourth-order valence-electron chi connectivity index (χ4n) is 4.62. The number of nitrogens with zero attached hydrogens (tertiary/aromatic N) is 2. The molecule has 1 aromatic carbocycles. The van der Waals surface area contributed by atoms with Gasteiger partial charge >= 0.3 is 0 Å². The minimum absolute atomic E-state index is 0.115. The highest BCUT2D eigenvalue weighted by atomic mass is 16.5. The van der Waals surface area contributed by atoms with Gasteiger partial charge in [0.05, 0.1) is 25.2 Å². The Labute approximate surface area is 169 Å². The third kappa shape index (κ3) is 3.13. The molecule has 1 aliphatic heterocycles. The van der Waals surface area contributed by atoms with Crippen LogP contribution in [0.4, 0.5) is 0 Å². The lowest BCUT2D eigenvalue weighted by Gasteiger charge is -2.15. The van der Waals surface area contributed by atoms with Gasteiger partial charge in [-0.25, -0.2) is 0 Å². The zero-order valence-corrected chi connectivity index (χ0v) is 16.2. The summed E-state index contributed by atoms with van der Waals surface area (Å²) in [6.45, 7) is 3.89. The van der Waals surface area contributed by atoms with Crippen molar-refractivity contribution in [2.75, 3.05) is 13.7 Å². The number of imide groups is 1. The fourth-order valence-corrected chi connectivity index (χ4v) is 4.62. The lowest BCUT2D eigenvalue weighted by Crippen LogP contribution is -2.28. The maximum Gasteiger partial charge on any atom is 0.254 e. The molecule has 3 aliphatic rings. The van der Waals surface area contributed by atoms with Crippen LogP contribution >= 0.6 is 0 Å². The van der Waals surface area contributed by atoms with Crippen LogP contribution in [0.3, 0.4) is 0 Å². The maximum atomic E-state index is 12.8. The molecule has 148 valence electrons. The molecule has 0 spiro atoms. The van der Waals surface area contributed by atoms with Crippen LogP contribution in [-0.2, 0) is 16.0 Å². The average Bonchev–Trinajstić information content (AvgIpc) is 3.40. The summed E-state index contributed by atoms with van der Waals surface area (Å²) < 4.78 is 11.1. The van der Waals surface area contributed by atoms with Crippen molar-refractivity contribution < 1.29 is 19.1 Å². The summed E-state index contributed by atoms with van der Waals surface area (Å²) in [6, 6.07) is 3.59. The van der Waals surface area contributed by atoms with E-state index in [9.17, 15) is 9.59 Å². The first kappa shape index (κ1) is 19.0. The first-order valence-corrected chi connectivity index (χ1v) is 9.57. The van der Waals surface area contributed by atoms with E-state index in [1.54, 1.807) is 12.1 Å². The number of hydrogen-bond donors (Lipinski definition) is 0. The second kappa shape index (κ2) is 7.59. The van der Waals surface area contributed by atoms with Crippen LogP contribution in [0.25, 0.3) is 0 Å². The van der Waals surface area contributed by atoms with Crippen molar-refractivity contribution in [1.29, 1.82) is 0 Å². The van der Waals surface area contributed by atoms with E-state index in [0.717, 1.165) is 17.0 Å². The molecule has 4 rings (SSSR count). The number of hydrazone groups is 1. The third-order valence-corrected chi connectivity index (χ3v) is 5.81. The van der Waals surface area contributed by atoms with Gasteiger partial charge in [-0.05, 0) is 42.4 Å². The van der Waals surface area contributed by atoms with Gasteiger partial charge in [0.2, 0.25) is 0 Å². The molecule has 1 heterocycles. The van der Waals surface area contributed by atoms with E-state index in [-0.39, 0.29) is 42.1 Å². The Morgan fingerprint density at radius 2 is 1.97 bits per heavy atom. The molecule has 2 fully saturated rings. The van der Waals surface area contributed by atoms with Crippen LogP contribution < -0.4 is 9.47 Å². The van der Waals surface area contributed by atoms with Crippen LogP contribution in [0.1, 0.15) is 17.5 Å². The Bertz CT molecular complexity index is 942. The number of allylic oxidation sites excluding steroid dienone is 3. The minimum atomic E-state index is -0.264. The lowest BCUT2D eigenvalue weighted by molar-refractivity contribution is -0.140. The summed E-state index contributed by atoms with van der Waals surface area (Å²) in [5.41, 5.74) is 1.51. The first-order valence-electron chi connectivity index (χ1n) is 9.57. The van der Waals surface area contributed by atoms with Gasteiger partial charge in [-0.3, -0.25) is 9.59 Å². The smallest absolute Gasteiger partial charge is 0.254 e. The number of ether oxygens (including phenoxy) is 2. The summed E-state index contributed by atoms with van der Waals surface area (Å²) >= 11 is 0. The molecule has 6 heteroatoms. The normalized spacial score (nSPS) is 26.8. The van der Waals surface area contributed by atoms with Crippen LogP contribution in [-0.4, -0.2) is 36.8 Å². The van der Waals surface area contributed by atoms with Crippen molar-refractivity contribution in [3.63, 3.8) is 0 Å². The van der Waals surface area contributed by atoms with Crippen molar-refractivity contribution in [3.05, 3.63) is 48.1 Å². The highest BCUT2D eigenvalue weighted by Crippen LogP contribution is 2.52. The molecule has 2 bridgehead atoms. The predicted octanol–water partition coefficient (Wildman–Crippen LogP) is 2.58. The van der Waals surface area contributed by atoms with Crippen molar-refractivity contribution in [1.82, 2.24) is 5.01 Å². The van der Waals surface area contributed by atoms with Gasteiger partial charge in [-0.2, -0.15) is 10.1 Å². The monoisotopic (exact) mass is 390 g/mol. The average molecular weight is 390 g/mol. The Kier molecular flexibility index (Phi) is 4.98. The van der Waals surface area contributed by atoms with Gasteiger partial charge in [0.25, 0.3) is 11.8 Å². The third-order valence-electron chi connectivity index (χ3n) is 5.81. The summed E-state index contributed by atoms with van der Waals surface area (Å²) in [5.74, 6) is 2.86. The Morgan fingerprint density at radius 1 is 1.28 bits per heavy atom. The zero-order valence-electron chi connectivity index (χ0n) is 16.2. The molecule has 1 saturated heterocycles. The van der Waals surface area contributed by atoms with Crippen molar-refractivity contribution in [2.45, 2.75) is 12.8 Å². The van der Waals surface area contributed by atoms with E-state index in [4.69, 9.17) is 15.9 Å². The standard InChI is InChI=1S/C23H22N2O4/c1-4-6-17-10-14(11-18(28-3)21(17)29-9-5-2)13-24-25-22(26)19-15-7-8-16(12-15)20(19)23(25)27/h2,4,7-8,10-11,13,15-16,19-20H,1,6,9,12H2,3H3/t15-,16-,19-,20+/m0/s1. The van der Waals surface area contributed by atoms with Gasteiger partial charge in [0.15, 0.2) is 11.5 Å². The highest BCUT2D eigenvalue weighted by molar-refractivity contribution is 6.06. The molecule has 2 aliphatic carbocycles. The van der Waals surface area contributed by atoms with Crippen LogP contribution in [0.15, 0.2) is 42.0 Å². The molecule has 2 amide bonds. The second-order valence-electron chi connectivity index (χ2n) is 7.43. The van der Waals surface area contributed by atoms with E-state index in [1.807, 2.05) is 6.07 Å². The predicted molar refractivity (Wildman–Crippen MR) is 108 cm³/mol. The number of hydrogen-bond acceptors (Lipinski definition) is 5. The summed E-state index contributed by atoms with van der Waals surface area (Å²) in [6.07, 6.45) is 14.1. The van der Waals surface area contributed by atoms with Crippen molar-refractivity contribution >= 4 is 18.0 Å².